The Bertz CT molecular complexity index is 808. The lowest BCUT2D eigenvalue weighted by molar-refractivity contribution is 0.0727. The molecular formula is C18H17N3O2. The Balaban J connectivity index is 1.85. The molecule has 0 N–H and O–H groups in total. The Morgan fingerprint density at radius 1 is 1.09 bits per heavy atom. The minimum Gasteiger partial charge on any atom is -0.422 e. The van der Waals surface area contributed by atoms with Crippen molar-refractivity contribution >= 4 is 5.97 Å². The number of hydrogen-bond acceptors (Lipinski definition) is 4. The number of nitrogens with zero attached hydrogens (tertiary/aromatic N) is 3. The molecule has 5 nitrogen and oxygen atoms in total. The molecule has 1 aromatic heterocycles. The fourth-order valence-electron chi connectivity index (χ4n) is 2.28. The van der Waals surface area contributed by atoms with E-state index in [9.17, 15) is 4.79 Å². The first-order valence-electron chi connectivity index (χ1n) is 7.48. The molecule has 1 heterocycles. The summed E-state index contributed by atoms with van der Waals surface area (Å²) in [6, 6.07) is 16.9. The monoisotopic (exact) mass is 307 g/mol. The molecule has 0 saturated carbocycles. The van der Waals surface area contributed by atoms with Crippen LogP contribution in [0.5, 0.6) is 5.75 Å². The van der Waals surface area contributed by atoms with Crippen LogP contribution in [0, 0.1) is 6.92 Å². The van der Waals surface area contributed by atoms with Crippen molar-refractivity contribution in [3.05, 3.63) is 71.5 Å². The first kappa shape index (κ1) is 15.0. The Morgan fingerprint density at radius 3 is 2.43 bits per heavy atom. The zero-order valence-corrected chi connectivity index (χ0v) is 13.1. The third-order valence-electron chi connectivity index (χ3n) is 3.63. The molecule has 0 saturated heterocycles. The average molecular weight is 307 g/mol. The molecule has 0 aliphatic rings. The molecule has 23 heavy (non-hydrogen) atoms. The molecule has 0 amide bonds. The minimum absolute atomic E-state index is 0.216. The van der Waals surface area contributed by atoms with Gasteiger partial charge in [0, 0.05) is 0 Å². The third-order valence-corrected chi connectivity index (χ3v) is 3.63. The van der Waals surface area contributed by atoms with Crippen LogP contribution in [0.25, 0.3) is 5.69 Å². The van der Waals surface area contributed by atoms with Gasteiger partial charge in [0.05, 0.1) is 11.4 Å². The van der Waals surface area contributed by atoms with E-state index in [-0.39, 0.29) is 5.69 Å². The highest BCUT2D eigenvalue weighted by Gasteiger charge is 2.19. The highest BCUT2D eigenvalue weighted by molar-refractivity contribution is 5.90. The summed E-state index contributed by atoms with van der Waals surface area (Å²) in [5.74, 6) is -0.0242. The molecule has 2 aromatic carbocycles. The van der Waals surface area contributed by atoms with Gasteiger partial charge in [0.25, 0.3) is 0 Å². The van der Waals surface area contributed by atoms with Gasteiger partial charge in [-0.15, -0.1) is 5.10 Å². The van der Waals surface area contributed by atoms with Crippen molar-refractivity contribution in [2.45, 2.75) is 20.3 Å². The molecule has 0 bridgehead atoms. The molecule has 0 fully saturated rings. The number of para-hydroxylation sites is 1. The van der Waals surface area contributed by atoms with Crippen molar-refractivity contribution in [2.75, 3.05) is 0 Å². The van der Waals surface area contributed by atoms with Crippen LogP contribution in [-0.4, -0.2) is 21.0 Å². The van der Waals surface area contributed by atoms with Gasteiger partial charge < -0.3 is 4.74 Å². The Morgan fingerprint density at radius 2 is 1.78 bits per heavy atom. The number of hydrogen-bond donors (Lipinski definition) is 0. The van der Waals surface area contributed by atoms with Gasteiger partial charge >= 0.3 is 5.97 Å². The molecule has 0 aliphatic carbocycles. The quantitative estimate of drug-likeness (QED) is 0.548. The van der Waals surface area contributed by atoms with E-state index in [1.807, 2.05) is 42.5 Å². The molecular weight excluding hydrogens is 290 g/mol. The first-order chi connectivity index (χ1) is 11.2. The summed E-state index contributed by atoms with van der Waals surface area (Å²) in [5.41, 5.74) is 2.98. The van der Waals surface area contributed by atoms with Crippen molar-refractivity contribution in [1.29, 1.82) is 0 Å². The molecule has 5 heteroatoms. The minimum atomic E-state index is -0.509. The maximum atomic E-state index is 12.2. The number of carbonyl (C=O) groups is 1. The molecule has 3 aromatic rings. The van der Waals surface area contributed by atoms with E-state index >= 15 is 0 Å². The predicted molar refractivity (Wildman–Crippen MR) is 86.9 cm³/mol. The van der Waals surface area contributed by atoms with Gasteiger partial charge in [-0.3, -0.25) is 0 Å². The molecule has 0 spiro atoms. The maximum Gasteiger partial charge on any atom is 0.366 e. The van der Waals surface area contributed by atoms with Crippen molar-refractivity contribution in [2.24, 2.45) is 0 Å². The zero-order valence-electron chi connectivity index (χ0n) is 13.1. The molecule has 3 rings (SSSR count). The zero-order chi connectivity index (χ0) is 16.2. The van der Waals surface area contributed by atoms with Gasteiger partial charge in [-0.05, 0) is 43.2 Å². The van der Waals surface area contributed by atoms with Gasteiger partial charge in [-0.25, -0.2) is 9.48 Å². The molecule has 0 atom stereocenters. The fraction of sp³-hybridized carbons (Fsp3) is 0.167. The Kier molecular flexibility index (Phi) is 4.19. The van der Waals surface area contributed by atoms with Crippen LogP contribution in [0.1, 0.15) is 28.7 Å². The van der Waals surface area contributed by atoms with Gasteiger partial charge in [0.2, 0.25) is 0 Å². The van der Waals surface area contributed by atoms with E-state index in [0.29, 0.717) is 11.4 Å². The largest absolute Gasteiger partial charge is 0.422 e. The summed E-state index contributed by atoms with van der Waals surface area (Å²) >= 11 is 0. The van der Waals surface area contributed by atoms with E-state index in [1.54, 1.807) is 23.7 Å². The van der Waals surface area contributed by atoms with Gasteiger partial charge in [-0.2, -0.15) is 0 Å². The lowest BCUT2D eigenvalue weighted by Gasteiger charge is -2.05. The molecule has 116 valence electrons. The van der Waals surface area contributed by atoms with E-state index in [2.05, 4.69) is 17.2 Å². The number of carbonyl (C=O) groups excluding carboxylic acids is 1. The van der Waals surface area contributed by atoms with Gasteiger partial charge in [0.15, 0.2) is 5.69 Å². The van der Waals surface area contributed by atoms with Crippen molar-refractivity contribution in [3.8, 4) is 11.4 Å². The van der Waals surface area contributed by atoms with E-state index in [0.717, 1.165) is 12.1 Å². The topological polar surface area (TPSA) is 57.0 Å². The second-order valence-corrected chi connectivity index (χ2v) is 5.16. The summed E-state index contributed by atoms with van der Waals surface area (Å²) in [7, 11) is 0. The van der Waals surface area contributed by atoms with Crippen LogP contribution >= 0.6 is 0 Å². The van der Waals surface area contributed by atoms with E-state index in [1.165, 1.54) is 5.56 Å². The van der Waals surface area contributed by atoms with Crippen LogP contribution < -0.4 is 4.74 Å². The predicted octanol–water partition coefficient (Wildman–Crippen LogP) is 3.36. The SMILES string of the molecule is CCc1ccc(-n2nnc(C(=O)Oc3ccccc3)c2C)cc1. The summed E-state index contributed by atoms with van der Waals surface area (Å²) in [5, 5.41) is 8.04. The fourth-order valence-corrected chi connectivity index (χ4v) is 2.28. The Labute approximate surface area is 134 Å². The normalized spacial score (nSPS) is 10.5. The standard InChI is InChI=1S/C18H17N3O2/c1-3-14-9-11-15(12-10-14)21-13(2)17(19-20-21)18(22)23-16-7-5-4-6-8-16/h4-12H,3H2,1-2H3. The number of esters is 1. The lowest BCUT2D eigenvalue weighted by Crippen LogP contribution is -2.11. The number of ether oxygens (including phenoxy) is 1. The smallest absolute Gasteiger partial charge is 0.366 e. The van der Waals surface area contributed by atoms with E-state index < -0.39 is 5.97 Å². The van der Waals surface area contributed by atoms with Crippen molar-refractivity contribution in [1.82, 2.24) is 15.0 Å². The van der Waals surface area contributed by atoms with Crippen molar-refractivity contribution < 1.29 is 9.53 Å². The number of aryl methyl sites for hydroxylation is 1. The summed E-state index contributed by atoms with van der Waals surface area (Å²) < 4.78 is 6.95. The maximum absolute atomic E-state index is 12.2. The van der Waals surface area contributed by atoms with Crippen LogP contribution in [0.2, 0.25) is 0 Å². The number of rotatable bonds is 4. The molecule has 0 aliphatic heterocycles. The number of benzene rings is 2. The van der Waals surface area contributed by atoms with E-state index in [4.69, 9.17) is 4.74 Å². The number of aromatic nitrogens is 3. The van der Waals surface area contributed by atoms with Gasteiger partial charge in [-0.1, -0.05) is 42.5 Å². The van der Waals surface area contributed by atoms with Gasteiger partial charge in [0.1, 0.15) is 5.75 Å². The second-order valence-electron chi connectivity index (χ2n) is 5.16. The lowest BCUT2D eigenvalue weighted by atomic mass is 10.1. The summed E-state index contributed by atoms with van der Waals surface area (Å²) in [6.45, 7) is 3.91. The van der Waals surface area contributed by atoms with Crippen molar-refractivity contribution in [3.63, 3.8) is 0 Å². The van der Waals surface area contributed by atoms with Crippen LogP contribution in [0.3, 0.4) is 0 Å². The highest BCUT2D eigenvalue weighted by Crippen LogP contribution is 2.16. The van der Waals surface area contributed by atoms with Crippen LogP contribution in [-0.2, 0) is 6.42 Å². The second kappa shape index (κ2) is 6.44. The summed E-state index contributed by atoms with van der Waals surface area (Å²) in [4.78, 5) is 12.2. The molecule has 0 unspecified atom stereocenters. The third kappa shape index (κ3) is 3.13. The highest BCUT2D eigenvalue weighted by atomic mass is 16.5. The summed E-state index contributed by atoms with van der Waals surface area (Å²) in [6.07, 6.45) is 0.977. The first-order valence-corrected chi connectivity index (χ1v) is 7.48. The average Bonchev–Trinajstić information content (AvgIpc) is 2.97. The molecule has 0 radical (unpaired) electrons. The Hall–Kier alpha value is -2.95. The van der Waals surface area contributed by atoms with Crippen LogP contribution in [0.4, 0.5) is 0 Å². The van der Waals surface area contributed by atoms with Crippen LogP contribution in [0.15, 0.2) is 54.6 Å².